The smallest absolute Gasteiger partial charge is 0.106 e. The number of thiazole rings is 1. The molecule has 0 aliphatic heterocycles. The molecule has 0 bridgehead atoms. The van der Waals surface area contributed by atoms with Crippen molar-refractivity contribution in [1.82, 2.24) is 4.98 Å². The van der Waals surface area contributed by atoms with Crippen molar-refractivity contribution in [3.05, 3.63) is 29.2 Å². The van der Waals surface area contributed by atoms with Gasteiger partial charge in [0.2, 0.25) is 0 Å². The van der Waals surface area contributed by atoms with Crippen molar-refractivity contribution >= 4 is 17.0 Å². The van der Waals surface area contributed by atoms with E-state index in [4.69, 9.17) is 4.84 Å². The molecular formula is C13H20N2OS. The molecule has 0 fully saturated rings. The van der Waals surface area contributed by atoms with Crippen molar-refractivity contribution in [3.8, 4) is 0 Å². The monoisotopic (exact) mass is 252 g/mol. The fourth-order valence-electron chi connectivity index (χ4n) is 1.62. The van der Waals surface area contributed by atoms with Crippen LogP contribution in [0.2, 0.25) is 0 Å². The molecule has 0 aliphatic carbocycles. The Kier molecular flexibility index (Phi) is 4.09. The molecule has 0 unspecified atom stereocenters. The highest BCUT2D eigenvalue weighted by atomic mass is 32.1. The van der Waals surface area contributed by atoms with Gasteiger partial charge in [-0.3, -0.25) is 0 Å². The quantitative estimate of drug-likeness (QED) is 0.592. The van der Waals surface area contributed by atoms with Crippen LogP contribution in [0, 0.1) is 5.41 Å². The Hall–Kier alpha value is -1.16. The van der Waals surface area contributed by atoms with Gasteiger partial charge in [-0.25, -0.2) is 4.98 Å². The van der Waals surface area contributed by atoms with E-state index in [2.05, 4.69) is 44.4 Å². The summed E-state index contributed by atoms with van der Waals surface area (Å²) >= 11 is 1.66. The van der Waals surface area contributed by atoms with Crippen LogP contribution < -0.4 is 0 Å². The number of rotatable bonds is 5. The van der Waals surface area contributed by atoms with Crippen molar-refractivity contribution < 1.29 is 4.84 Å². The van der Waals surface area contributed by atoms with Crippen molar-refractivity contribution in [1.29, 1.82) is 0 Å². The van der Waals surface area contributed by atoms with Crippen LogP contribution >= 0.6 is 11.3 Å². The van der Waals surface area contributed by atoms with Crippen molar-refractivity contribution in [2.45, 2.75) is 33.1 Å². The summed E-state index contributed by atoms with van der Waals surface area (Å²) in [6.07, 6.45) is 3.58. The van der Waals surface area contributed by atoms with Crippen molar-refractivity contribution in [2.75, 3.05) is 7.11 Å². The zero-order valence-electron chi connectivity index (χ0n) is 11.2. The first-order valence-corrected chi connectivity index (χ1v) is 6.40. The van der Waals surface area contributed by atoms with E-state index in [1.54, 1.807) is 24.5 Å². The Morgan fingerprint density at radius 1 is 1.47 bits per heavy atom. The van der Waals surface area contributed by atoms with Gasteiger partial charge in [0.15, 0.2) is 0 Å². The summed E-state index contributed by atoms with van der Waals surface area (Å²) in [6.45, 7) is 12.4. The lowest BCUT2D eigenvalue weighted by molar-refractivity contribution is 0.200. The molecule has 0 spiro atoms. The van der Waals surface area contributed by atoms with Crippen LogP contribution in [0.15, 0.2) is 29.4 Å². The zero-order valence-corrected chi connectivity index (χ0v) is 12.0. The Labute approximate surface area is 107 Å². The second kappa shape index (κ2) is 5.00. The molecule has 0 amide bonds. The molecule has 0 aromatic carbocycles. The second-order valence-electron chi connectivity index (χ2n) is 4.95. The number of aromatic nitrogens is 1. The molecule has 94 valence electrons. The normalized spacial score (nSPS) is 13.6. The highest BCUT2D eigenvalue weighted by Gasteiger charge is 2.43. The van der Waals surface area contributed by atoms with Crippen molar-refractivity contribution in [2.24, 2.45) is 10.6 Å². The highest BCUT2D eigenvalue weighted by Crippen LogP contribution is 2.43. The maximum Gasteiger partial charge on any atom is 0.106 e. The van der Waals surface area contributed by atoms with Crippen LogP contribution in [0.4, 0.5) is 0 Å². The molecule has 3 nitrogen and oxygen atoms in total. The molecule has 17 heavy (non-hydrogen) atoms. The Balaban J connectivity index is 3.20. The summed E-state index contributed by atoms with van der Waals surface area (Å²) in [4.78, 5) is 9.31. The third kappa shape index (κ3) is 2.41. The number of nitrogens with zero attached hydrogens (tertiary/aromatic N) is 2. The predicted octanol–water partition coefficient (Wildman–Crippen LogP) is 3.64. The second-order valence-corrected chi connectivity index (χ2v) is 5.85. The van der Waals surface area contributed by atoms with Gasteiger partial charge in [0.05, 0.1) is 10.7 Å². The summed E-state index contributed by atoms with van der Waals surface area (Å²) in [5.74, 6) is 0. The Morgan fingerprint density at radius 2 is 2.12 bits per heavy atom. The van der Waals surface area contributed by atoms with Crippen LogP contribution in [0.25, 0.3) is 0 Å². The molecule has 0 radical (unpaired) electrons. The first kappa shape index (κ1) is 13.9. The molecule has 0 saturated carbocycles. The van der Waals surface area contributed by atoms with Crippen LogP contribution in [-0.4, -0.2) is 17.8 Å². The molecule has 0 N–H and O–H groups in total. The molecule has 1 heterocycles. The summed E-state index contributed by atoms with van der Waals surface area (Å²) < 4.78 is 0. The number of allylic oxidation sites excluding steroid dienone is 1. The SMILES string of the molecule is C=C/C(=N\OC)C(C)(C)C(C)(C)c1nccs1. The van der Waals surface area contributed by atoms with E-state index in [1.807, 2.05) is 11.6 Å². The molecule has 0 atom stereocenters. The van der Waals surface area contributed by atoms with Crippen LogP contribution in [0.3, 0.4) is 0 Å². The molecule has 0 aliphatic rings. The van der Waals surface area contributed by atoms with Gasteiger partial charge in [-0.2, -0.15) is 0 Å². The topological polar surface area (TPSA) is 34.5 Å². The number of hydrogen-bond donors (Lipinski definition) is 0. The molecule has 1 aromatic rings. The van der Waals surface area contributed by atoms with E-state index in [-0.39, 0.29) is 10.8 Å². The van der Waals surface area contributed by atoms with Crippen LogP contribution in [-0.2, 0) is 10.3 Å². The largest absolute Gasteiger partial charge is 0.399 e. The fraction of sp³-hybridized carbons (Fsp3) is 0.538. The minimum absolute atomic E-state index is 0.132. The lowest BCUT2D eigenvalue weighted by atomic mass is 9.65. The van der Waals surface area contributed by atoms with Gasteiger partial charge in [0.1, 0.15) is 7.11 Å². The van der Waals surface area contributed by atoms with Crippen LogP contribution in [0.5, 0.6) is 0 Å². The Bertz CT molecular complexity index is 405. The summed E-state index contributed by atoms with van der Waals surface area (Å²) in [5, 5.41) is 7.15. The highest BCUT2D eigenvalue weighted by molar-refractivity contribution is 7.09. The van der Waals surface area contributed by atoms with Gasteiger partial charge in [-0.05, 0) is 6.08 Å². The van der Waals surface area contributed by atoms with Gasteiger partial charge in [-0.15, -0.1) is 11.3 Å². The van der Waals surface area contributed by atoms with Crippen LogP contribution in [0.1, 0.15) is 32.7 Å². The maximum atomic E-state index is 4.89. The summed E-state index contributed by atoms with van der Waals surface area (Å²) in [5.41, 5.74) is 0.496. The van der Waals surface area contributed by atoms with Gasteiger partial charge >= 0.3 is 0 Å². The first-order chi connectivity index (χ1) is 7.87. The lowest BCUT2D eigenvalue weighted by Gasteiger charge is -2.39. The zero-order chi connectivity index (χ0) is 13.1. The molecule has 0 saturated heterocycles. The average Bonchev–Trinajstić information content (AvgIpc) is 2.79. The minimum atomic E-state index is -0.206. The third-order valence-corrected chi connectivity index (χ3v) is 4.65. The van der Waals surface area contributed by atoms with Gasteiger partial charge in [0, 0.05) is 22.4 Å². The summed E-state index contributed by atoms with van der Waals surface area (Å²) in [7, 11) is 1.55. The molecular weight excluding hydrogens is 232 g/mol. The van der Waals surface area contributed by atoms with E-state index in [0.717, 1.165) is 10.7 Å². The predicted molar refractivity (Wildman–Crippen MR) is 73.6 cm³/mol. The Morgan fingerprint density at radius 3 is 2.53 bits per heavy atom. The van der Waals surface area contributed by atoms with E-state index >= 15 is 0 Å². The number of hydrogen-bond acceptors (Lipinski definition) is 4. The molecule has 1 aromatic heterocycles. The third-order valence-electron chi connectivity index (χ3n) is 3.55. The lowest BCUT2D eigenvalue weighted by Crippen LogP contribution is -2.42. The first-order valence-electron chi connectivity index (χ1n) is 5.52. The number of oxime groups is 1. The molecule has 4 heteroatoms. The average molecular weight is 252 g/mol. The van der Waals surface area contributed by atoms with E-state index in [1.165, 1.54) is 0 Å². The van der Waals surface area contributed by atoms with E-state index < -0.39 is 0 Å². The van der Waals surface area contributed by atoms with E-state index in [0.29, 0.717) is 0 Å². The fourth-order valence-corrected chi connectivity index (χ4v) is 2.55. The molecule has 1 rings (SSSR count). The van der Waals surface area contributed by atoms with E-state index in [9.17, 15) is 0 Å². The van der Waals surface area contributed by atoms with Crippen molar-refractivity contribution in [3.63, 3.8) is 0 Å². The van der Waals surface area contributed by atoms with Gasteiger partial charge in [0.25, 0.3) is 0 Å². The van der Waals surface area contributed by atoms with Gasteiger partial charge < -0.3 is 4.84 Å². The maximum absolute atomic E-state index is 4.89. The minimum Gasteiger partial charge on any atom is -0.399 e. The summed E-state index contributed by atoms with van der Waals surface area (Å²) in [6, 6.07) is 0. The van der Waals surface area contributed by atoms with Gasteiger partial charge in [-0.1, -0.05) is 39.4 Å². The standard InChI is InChI=1S/C13H20N2OS/c1-7-10(15-16-6)12(2,3)13(4,5)11-14-8-9-17-11/h7-9H,1H2,2-6H3/b15-10+.